The number of nitrogens with zero attached hydrogens (tertiary/aromatic N) is 1. The smallest absolute Gasteiger partial charge is 0.379 e. The van der Waals surface area contributed by atoms with Gasteiger partial charge < -0.3 is 10.1 Å². The van der Waals surface area contributed by atoms with Crippen molar-refractivity contribution in [3.63, 3.8) is 0 Å². The first-order chi connectivity index (χ1) is 12.5. The number of amides is 1. The third-order valence-corrected chi connectivity index (χ3v) is 3.77. The molecule has 142 valence electrons. The van der Waals surface area contributed by atoms with E-state index in [9.17, 15) is 18.0 Å². The van der Waals surface area contributed by atoms with Gasteiger partial charge in [-0.05, 0) is 37.7 Å². The summed E-state index contributed by atoms with van der Waals surface area (Å²) in [5.41, 5.74) is 1.49. The normalized spacial score (nSPS) is 14.2. The van der Waals surface area contributed by atoms with Crippen LogP contribution < -0.4 is 10.1 Å². The van der Waals surface area contributed by atoms with Crippen molar-refractivity contribution >= 4 is 17.7 Å². The summed E-state index contributed by atoms with van der Waals surface area (Å²) < 4.78 is 34.3. The van der Waals surface area contributed by atoms with E-state index in [4.69, 9.17) is 4.74 Å². The Morgan fingerprint density at radius 1 is 1.35 bits per heavy atom. The first-order valence-electron chi connectivity index (χ1n) is 8.34. The average molecular weight is 368 g/mol. The summed E-state index contributed by atoms with van der Waals surface area (Å²) in [6.07, 6.45) is 12.3. The van der Waals surface area contributed by atoms with Gasteiger partial charge in [-0.25, -0.2) is 4.98 Å². The van der Waals surface area contributed by atoms with Crippen molar-refractivity contribution in [2.75, 3.05) is 12.4 Å². The van der Waals surface area contributed by atoms with Gasteiger partial charge in [0.15, 0.2) is 0 Å². The second-order valence-corrected chi connectivity index (χ2v) is 5.66. The van der Waals surface area contributed by atoms with E-state index >= 15 is 0 Å². The number of alkyl halides is 3. The standard InChI is InChI=1S/C18H22N2O2.CHF3/c1-3-7-17(21)20-16-12-15(18(22-2)19-13-16)11-10-14-8-5-4-6-9-14;2-1(3)4/h10-14H,4-6,8-9H2,1-2H3,(H,20,21);1H/b11-10+;. The molecule has 0 radical (unpaired) electrons. The van der Waals surface area contributed by atoms with E-state index in [1.807, 2.05) is 12.1 Å². The number of hydrogen-bond donors (Lipinski definition) is 1. The number of allylic oxidation sites excluding steroid dienone is 1. The number of methoxy groups -OCH3 is 1. The molecule has 2 rings (SSSR count). The summed E-state index contributed by atoms with van der Waals surface area (Å²) in [7, 11) is 1.60. The quantitative estimate of drug-likeness (QED) is 0.775. The van der Waals surface area contributed by atoms with E-state index in [-0.39, 0.29) is 5.91 Å². The Labute approximate surface area is 151 Å². The van der Waals surface area contributed by atoms with Crippen molar-refractivity contribution < 1.29 is 22.7 Å². The van der Waals surface area contributed by atoms with E-state index in [0.29, 0.717) is 17.5 Å². The molecule has 1 aliphatic carbocycles. The molecule has 4 nitrogen and oxygen atoms in total. The minimum Gasteiger partial charge on any atom is -0.481 e. The molecule has 1 saturated carbocycles. The van der Waals surface area contributed by atoms with Gasteiger partial charge in [0, 0.05) is 5.56 Å². The number of anilines is 1. The second-order valence-electron chi connectivity index (χ2n) is 5.66. The highest BCUT2D eigenvalue weighted by Gasteiger charge is 2.11. The zero-order valence-corrected chi connectivity index (χ0v) is 14.9. The predicted octanol–water partition coefficient (Wildman–Crippen LogP) is 4.82. The number of carbonyl (C=O) groups is 1. The zero-order valence-electron chi connectivity index (χ0n) is 14.9. The van der Waals surface area contributed by atoms with Crippen LogP contribution in [0.15, 0.2) is 18.3 Å². The highest BCUT2D eigenvalue weighted by Crippen LogP contribution is 2.27. The van der Waals surface area contributed by atoms with E-state index in [1.54, 1.807) is 20.2 Å². The van der Waals surface area contributed by atoms with Crippen LogP contribution in [-0.2, 0) is 4.79 Å². The second kappa shape index (κ2) is 12.0. The third-order valence-electron chi connectivity index (χ3n) is 3.77. The molecule has 1 aromatic heterocycles. The van der Waals surface area contributed by atoms with Crippen molar-refractivity contribution in [1.82, 2.24) is 4.98 Å². The molecule has 1 fully saturated rings. The number of ether oxygens (including phenoxy) is 1. The summed E-state index contributed by atoms with van der Waals surface area (Å²) in [4.78, 5) is 15.8. The van der Waals surface area contributed by atoms with Crippen LogP contribution >= 0.6 is 0 Å². The number of pyridine rings is 1. The van der Waals surface area contributed by atoms with E-state index in [1.165, 1.54) is 32.1 Å². The van der Waals surface area contributed by atoms with Gasteiger partial charge in [0.25, 0.3) is 5.91 Å². The molecule has 0 spiro atoms. The molecular formula is C19H23F3N2O2. The summed E-state index contributed by atoms with van der Waals surface area (Å²) in [5.74, 6) is 5.87. The third kappa shape index (κ3) is 8.56. The molecule has 1 N–H and O–H groups in total. The lowest BCUT2D eigenvalue weighted by Crippen LogP contribution is -2.09. The van der Waals surface area contributed by atoms with Gasteiger partial charge in [0.1, 0.15) is 0 Å². The van der Waals surface area contributed by atoms with Crippen molar-refractivity contribution in [3.05, 3.63) is 23.9 Å². The minimum atomic E-state index is -3.67. The van der Waals surface area contributed by atoms with Crippen molar-refractivity contribution in [2.24, 2.45) is 5.92 Å². The van der Waals surface area contributed by atoms with Crippen LogP contribution in [0.5, 0.6) is 5.88 Å². The van der Waals surface area contributed by atoms with Gasteiger partial charge in [-0.3, -0.25) is 4.79 Å². The molecular weight excluding hydrogens is 345 g/mol. The molecule has 0 unspecified atom stereocenters. The van der Waals surface area contributed by atoms with Crippen molar-refractivity contribution in [3.8, 4) is 17.7 Å². The first-order valence-corrected chi connectivity index (χ1v) is 8.34. The maximum Gasteiger partial charge on any atom is 0.379 e. The van der Waals surface area contributed by atoms with E-state index in [0.717, 1.165) is 5.56 Å². The lowest BCUT2D eigenvalue weighted by Gasteiger charge is -2.17. The van der Waals surface area contributed by atoms with Crippen LogP contribution in [0.3, 0.4) is 0 Å². The number of rotatable bonds is 4. The summed E-state index contributed by atoms with van der Waals surface area (Å²) in [6, 6.07) is 1.86. The van der Waals surface area contributed by atoms with Gasteiger partial charge in [-0.15, -0.1) is 0 Å². The Balaban J connectivity index is 0.000000765. The van der Waals surface area contributed by atoms with Crippen LogP contribution in [0.2, 0.25) is 0 Å². The lowest BCUT2D eigenvalue weighted by atomic mass is 9.89. The van der Waals surface area contributed by atoms with E-state index < -0.39 is 6.68 Å². The molecule has 1 heterocycles. The Morgan fingerprint density at radius 2 is 2.00 bits per heavy atom. The number of aromatic nitrogens is 1. The largest absolute Gasteiger partial charge is 0.481 e. The maximum absolute atomic E-state index is 11.5. The van der Waals surface area contributed by atoms with Gasteiger partial charge in [0.2, 0.25) is 5.88 Å². The number of nitrogens with one attached hydrogen (secondary N) is 1. The monoisotopic (exact) mass is 368 g/mol. The Hall–Kier alpha value is -2.49. The molecule has 0 aliphatic heterocycles. The minimum absolute atomic E-state index is 0.336. The number of halogens is 3. The molecule has 1 aromatic rings. The highest BCUT2D eigenvalue weighted by molar-refractivity contribution is 6.03. The summed E-state index contributed by atoms with van der Waals surface area (Å²) >= 11 is 0. The fraction of sp³-hybridized carbons (Fsp3) is 0.474. The molecule has 0 saturated heterocycles. The highest BCUT2D eigenvalue weighted by atomic mass is 19.4. The molecule has 1 amide bonds. The van der Waals surface area contributed by atoms with Crippen LogP contribution in [0.1, 0.15) is 44.6 Å². The van der Waals surface area contributed by atoms with Gasteiger partial charge >= 0.3 is 6.68 Å². The fourth-order valence-electron chi connectivity index (χ4n) is 2.67. The first kappa shape index (κ1) is 21.6. The predicted molar refractivity (Wildman–Crippen MR) is 95.6 cm³/mol. The summed E-state index contributed by atoms with van der Waals surface area (Å²) in [5, 5.41) is 2.71. The Bertz CT molecular complexity index is 658. The molecule has 26 heavy (non-hydrogen) atoms. The average Bonchev–Trinajstić information content (AvgIpc) is 2.61. The lowest BCUT2D eigenvalue weighted by molar-refractivity contribution is -0.111. The number of carbonyl (C=O) groups excluding carboxylic acids is 1. The van der Waals surface area contributed by atoms with Crippen LogP contribution in [-0.4, -0.2) is 24.7 Å². The fourth-order valence-corrected chi connectivity index (χ4v) is 2.67. The maximum atomic E-state index is 11.5. The summed E-state index contributed by atoms with van der Waals surface area (Å²) in [6.45, 7) is -2.04. The molecule has 1 aliphatic rings. The Kier molecular flexibility index (Phi) is 9.91. The molecule has 7 heteroatoms. The molecule has 0 bridgehead atoms. The van der Waals surface area contributed by atoms with Gasteiger partial charge in [-0.2, -0.15) is 13.2 Å². The van der Waals surface area contributed by atoms with Crippen molar-refractivity contribution in [1.29, 1.82) is 0 Å². The van der Waals surface area contributed by atoms with Gasteiger partial charge in [0.05, 0.1) is 19.0 Å². The molecule has 0 atom stereocenters. The van der Waals surface area contributed by atoms with Crippen LogP contribution in [0.4, 0.5) is 18.9 Å². The topological polar surface area (TPSA) is 51.2 Å². The van der Waals surface area contributed by atoms with Crippen LogP contribution in [0.25, 0.3) is 6.08 Å². The SMILES string of the molecule is CC#CC(=O)Nc1cnc(OC)c(/C=C/C2CCCCC2)c1.FC(F)F. The zero-order chi connectivity index (χ0) is 19.4. The number of hydrogen-bond acceptors (Lipinski definition) is 3. The Morgan fingerprint density at radius 3 is 2.58 bits per heavy atom. The van der Waals surface area contributed by atoms with Crippen LogP contribution in [0, 0.1) is 17.8 Å². The van der Waals surface area contributed by atoms with Gasteiger partial charge in [-0.1, -0.05) is 37.3 Å². The molecule has 0 aromatic carbocycles. The van der Waals surface area contributed by atoms with Crippen molar-refractivity contribution in [2.45, 2.75) is 45.7 Å². The van der Waals surface area contributed by atoms with E-state index in [2.05, 4.69) is 28.2 Å².